The third kappa shape index (κ3) is 3.12. The van der Waals surface area contributed by atoms with Crippen LogP contribution in [-0.4, -0.2) is 4.92 Å². The van der Waals surface area contributed by atoms with Crippen LogP contribution >= 0.6 is 11.6 Å². The van der Waals surface area contributed by atoms with Crippen molar-refractivity contribution in [1.82, 2.24) is 0 Å². The molecule has 2 rings (SSSR count). The number of nitro groups is 1. The zero-order chi connectivity index (χ0) is 15.4. The van der Waals surface area contributed by atoms with Gasteiger partial charge in [0.05, 0.1) is 10.5 Å². The number of benzene rings is 2. The Morgan fingerprint density at radius 2 is 2.10 bits per heavy atom. The van der Waals surface area contributed by atoms with Crippen molar-refractivity contribution in [3.05, 3.63) is 63.2 Å². The van der Waals surface area contributed by atoms with E-state index in [1.54, 1.807) is 37.3 Å². The lowest BCUT2D eigenvalue weighted by Crippen LogP contribution is -1.97. The standard InChI is InChI=1S/C15H11ClN2O3/c1-10-3-2-4-14(15(10)18(19)20)21-13-6-5-11(8-16)7-12(13)9-17/h2-7H,8H2,1H3. The average Bonchev–Trinajstić information content (AvgIpc) is 2.47. The fraction of sp³-hybridized carbons (Fsp3) is 0.133. The van der Waals surface area contributed by atoms with Crippen LogP contribution in [0, 0.1) is 28.4 Å². The van der Waals surface area contributed by atoms with Crippen LogP contribution in [0.4, 0.5) is 5.69 Å². The van der Waals surface area contributed by atoms with Crippen molar-refractivity contribution in [2.24, 2.45) is 0 Å². The van der Waals surface area contributed by atoms with E-state index in [2.05, 4.69) is 0 Å². The summed E-state index contributed by atoms with van der Waals surface area (Å²) in [5, 5.41) is 20.3. The Balaban J connectivity index is 2.46. The molecular formula is C15H11ClN2O3. The summed E-state index contributed by atoms with van der Waals surface area (Å²) in [7, 11) is 0. The summed E-state index contributed by atoms with van der Waals surface area (Å²) >= 11 is 5.72. The van der Waals surface area contributed by atoms with E-state index in [4.69, 9.17) is 21.6 Å². The minimum Gasteiger partial charge on any atom is -0.449 e. The van der Waals surface area contributed by atoms with Gasteiger partial charge in [0.15, 0.2) is 0 Å². The molecule has 21 heavy (non-hydrogen) atoms. The van der Waals surface area contributed by atoms with Gasteiger partial charge in [-0.3, -0.25) is 10.1 Å². The monoisotopic (exact) mass is 302 g/mol. The lowest BCUT2D eigenvalue weighted by Gasteiger charge is -2.09. The molecule has 0 heterocycles. The van der Waals surface area contributed by atoms with E-state index in [0.717, 1.165) is 5.56 Å². The smallest absolute Gasteiger partial charge is 0.314 e. The third-order valence-corrected chi connectivity index (χ3v) is 3.23. The van der Waals surface area contributed by atoms with Crippen LogP contribution in [0.15, 0.2) is 36.4 Å². The highest BCUT2D eigenvalue weighted by molar-refractivity contribution is 6.17. The molecule has 0 bridgehead atoms. The fourth-order valence-corrected chi connectivity index (χ4v) is 2.07. The van der Waals surface area contributed by atoms with Gasteiger partial charge in [0.2, 0.25) is 5.75 Å². The van der Waals surface area contributed by atoms with E-state index in [1.165, 1.54) is 6.07 Å². The summed E-state index contributed by atoms with van der Waals surface area (Å²) in [4.78, 5) is 10.6. The van der Waals surface area contributed by atoms with E-state index < -0.39 is 4.92 Å². The molecule has 0 N–H and O–H groups in total. The van der Waals surface area contributed by atoms with E-state index in [9.17, 15) is 10.1 Å². The van der Waals surface area contributed by atoms with E-state index >= 15 is 0 Å². The molecule has 0 aliphatic rings. The summed E-state index contributed by atoms with van der Waals surface area (Å²) in [6, 6.07) is 11.7. The molecule has 0 saturated heterocycles. The van der Waals surface area contributed by atoms with Crippen LogP contribution in [0.5, 0.6) is 11.5 Å². The summed E-state index contributed by atoms with van der Waals surface area (Å²) in [5.74, 6) is 0.648. The number of nitriles is 1. The van der Waals surface area contributed by atoms with Crippen LogP contribution in [0.25, 0.3) is 0 Å². The third-order valence-electron chi connectivity index (χ3n) is 2.92. The molecule has 0 fully saturated rings. The molecule has 0 amide bonds. The number of hydrogen-bond acceptors (Lipinski definition) is 4. The van der Waals surface area contributed by atoms with Crippen molar-refractivity contribution < 1.29 is 9.66 Å². The van der Waals surface area contributed by atoms with Gasteiger partial charge in [-0.05, 0) is 30.7 Å². The number of para-hydroxylation sites is 1. The van der Waals surface area contributed by atoms with Crippen molar-refractivity contribution in [2.45, 2.75) is 12.8 Å². The number of ether oxygens (including phenoxy) is 1. The molecule has 2 aromatic rings. The number of nitrogens with zero attached hydrogens (tertiary/aromatic N) is 2. The highest BCUT2D eigenvalue weighted by Gasteiger charge is 2.19. The maximum absolute atomic E-state index is 11.1. The summed E-state index contributed by atoms with van der Waals surface area (Å²) in [5.41, 5.74) is 1.44. The van der Waals surface area contributed by atoms with Crippen LogP contribution in [0.3, 0.4) is 0 Å². The molecule has 2 aromatic carbocycles. The topological polar surface area (TPSA) is 76.2 Å². The normalized spacial score (nSPS) is 9.95. The largest absolute Gasteiger partial charge is 0.449 e. The molecule has 106 valence electrons. The van der Waals surface area contributed by atoms with E-state index in [0.29, 0.717) is 5.56 Å². The molecule has 6 heteroatoms. The Labute approximate surface area is 126 Å². The molecule has 0 saturated carbocycles. The van der Waals surface area contributed by atoms with Crippen LogP contribution in [0.2, 0.25) is 0 Å². The van der Waals surface area contributed by atoms with Gasteiger partial charge in [-0.2, -0.15) is 5.26 Å². The summed E-state index contributed by atoms with van der Waals surface area (Å²) in [6.07, 6.45) is 0. The highest BCUT2D eigenvalue weighted by Crippen LogP contribution is 2.35. The predicted octanol–water partition coefficient (Wildman–Crippen LogP) is 4.31. The SMILES string of the molecule is Cc1cccc(Oc2ccc(CCl)cc2C#N)c1[N+](=O)[O-]. The molecule has 0 aliphatic carbocycles. The van der Waals surface area contributed by atoms with Crippen LogP contribution < -0.4 is 4.74 Å². The van der Waals surface area contributed by atoms with Gasteiger partial charge in [-0.15, -0.1) is 11.6 Å². The number of aryl methyl sites for hydroxylation is 1. The quantitative estimate of drug-likeness (QED) is 0.479. The number of rotatable bonds is 4. The molecule has 0 atom stereocenters. The second kappa shape index (κ2) is 6.25. The van der Waals surface area contributed by atoms with Gasteiger partial charge in [0.25, 0.3) is 0 Å². The van der Waals surface area contributed by atoms with Gasteiger partial charge in [-0.25, -0.2) is 0 Å². The lowest BCUT2D eigenvalue weighted by atomic mass is 10.1. The Hall–Kier alpha value is -2.58. The summed E-state index contributed by atoms with van der Waals surface area (Å²) < 4.78 is 5.57. The zero-order valence-corrected chi connectivity index (χ0v) is 11.9. The number of nitro benzene ring substituents is 1. The Morgan fingerprint density at radius 1 is 1.33 bits per heavy atom. The second-order valence-electron chi connectivity index (χ2n) is 4.36. The maximum atomic E-state index is 11.1. The van der Waals surface area contributed by atoms with Gasteiger partial charge in [0, 0.05) is 11.4 Å². The number of halogens is 1. The van der Waals surface area contributed by atoms with Crippen LogP contribution in [-0.2, 0) is 5.88 Å². The minimum atomic E-state index is -0.496. The Bertz CT molecular complexity index is 738. The average molecular weight is 303 g/mol. The first-order valence-corrected chi connectivity index (χ1v) is 6.61. The van der Waals surface area contributed by atoms with Crippen molar-refractivity contribution >= 4 is 17.3 Å². The van der Waals surface area contributed by atoms with Crippen LogP contribution in [0.1, 0.15) is 16.7 Å². The maximum Gasteiger partial charge on any atom is 0.314 e. The number of hydrogen-bond donors (Lipinski definition) is 0. The second-order valence-corrected chi connectivity index (χ2v) is 4.62. The van der Waals surface area contributed by atoms with Crippen molar-refractivity contribution in [2.75, 3.05) is 0 Å². The molecule has 0 radical (unpaired) electrons. The Morgan fingerprint density at radius 3 is 2.71 bits per heavy atom. The molecule has 0 spiro atoms. The summed E-state index contributed by atoms with van der Waals surface area (Å²) in [6.45, 7) is 1.63. The molecule has 5 nitrogen and oxygen atoms in total. The van der Waals surface area contributed by atoms with E-state index in [-0.39, 0.29) is 28.6 Å². The van der Waals surface area contributed by atoms with Crippen molar-refractivity contribution in [1.29, 1.82) is 5.26 Å². The van der Waals surface area contributed by atoms with Gasteiger partial charge < -0.3 is 4.74 Å². The fourth-order valence-electron chi connectivity index (χ4n) is 1.90. The zero-order valence-electron chi connectivity index (χ0n) is 11.2. The molecule has 0 aromatic heterocycles. The van der Waals surface area contributed by atoms with Crippen molar-refractivity contribution in [3.8, 4) is 17.6 Å². The van der Waals surface area contributed by atoms with Gasteiger partial charge in [-0.1, -0.05) is 18.2 Å². The lowest BCUT2D eigenvalue weighted by molar-refractivity contribution is -0.386. The minimum absolute atomic E-state index is 0.107. The molecular weight excluding hydrogens is 292 g/mol. The van der Waals surface area contributed by atoms with E-state index in [1.807, 2.05) is 6.07 Å². The number of alkyl halides is 1. The van der Waals surface area contributed by atoms with Gasteiger partial charge >= 0.3 is 5.69 Å². The highest BCUT2D eigenvalue weighted by atomic mass is 35.5. The van der Waals surface area contributed by atoms with Crippen molar-refractivity contribution in [3.63, 3.8) is 0 Å². The predicted molar refractivity (Wildman–Crippen MR) is 78.6 cm³/mol. The first-order valence-electron chi connectivity index (χ1n) is 6.07. The first-order chi connectivity index (χ1) is 10.1. The van der Waals surface area contributed by atoms with Gasteiger partial charge in [0.1, 0.15) is 11.8 Å². The Kier molecular flexibility index (Phi) is 4.41. The molecule has 0 unspecified atom stereocenters. The molecule has 0 aliphatic heterocycles. The first kappa shape index (κ1) is 14.8.